The fraction of sp³-hybridized carbons (Fsp3) is 0.714. The van der Waals surface area contributed by atoms with Crippen LogP contribution in [0, 0.1) is 0 Å². The van der Waals surface area contributed by atoms with E-state index in [1.807, 2.05) is 0 Å². The largest absolute Gasteiger partial charge is 0.0807 e. The molecule has 0 saturated heterocycles. The van der Waals surface area contributed by atoms with Crippen LogP contribution in [-0.2, 0) is 10.7 Å². The first kappa shape index (κ1) is 19.7. The molecule has 0 radical (unpaired) electrons. The molecular formula is C21H35Br. The average Bonchev–Trinajstić information content (AvgIpc) is 2.48. The molecule has 0 spiro atoms. The zero-order chi connectivity index (χ0) is 16.3. The highest BCUT2D eigenvalue weighted by Gasteiger charge is 2.18. The minimum atomic E-state index is 0.0854. The number of alkyl halides is 1. The Bertz CT molecular complexity index is 389. The molecule has 0 fully saturated rings. The lowest BCUT2D eigenvalue weighted by Gasteiger charge is -2.21. The first-order chi connectivity index (χ1) is 10.6. The molecule has 0 amide bonds. The van der Waals surface area contributed by atoms with Gasteiger partial charge in [-0.2, -0.15) is 0 Å². The summed E-state index contributed by atoms with van der Waals surface area (Å²) in [5.74, 6) is 0. The highest BCUT2D eigenvalue weighted by Crippen LogP contribution is 2.33. The van der Waals surface area contributed by atoms with E-state index in [1.165, 1.54) is 81.8 Å². The summed E-state index contributed by atoms with van der Waals surface area (Å²) < 4.78 is 0.0854. The summed E-state index contributed by atoms with van der Waals surface area (Å²) in [6.07, 6.45) is 15.3. The SMILES string of the molecule is CCCCCCCCCCCCc1ccccc1C(C)(C)Br. The zero-order valence-electron chi connectivity index (χ0n) is 15.0. The van der Waals surface area contributed by atoms with Crippen LogP contribution in [0.3, 0.4) is 0 Å². The van der Waals surface area contributed by atoms with Crippen LogP contribution in [0.2, 0.25) is 0 Å². The van der Waals surface area contributed by atoms with E-state index in [1.54, 1.807) is 0 Å². The van der Waals surface area contributed by atoms with Crippen LogP contribution in [-0.4, -0.2) is 0 Å². The van der Waals surface area contributed by atoms with Crippen molar-refractivity contribution in [3.63, 3.8) is 0 Å². The number of rotatable bonds is 12. The summed E-state index contributed by atoms with van der Waals surface area (Å²) in [4.78, 5) is 0. The van der Waals surface area contributed by atoms with E-state index in [0.29, 0.717) is 0 Å². The molecule has 0 aliphatic rings. The van der Waals surface area contributed by atoms with Crippen molar-refractivity contribution in [2.24, 2.45) is 0 Å². The van der Waals surface area contributed by atoms with E-state index < -0.39 is 0 Å². The second-order valence-electron chi connectivity index (χ2n) is 7.06. The summed E-state index contributed by atoms with van der Waals surface area (Å²) in [5, 5.41) is 0. The van der Waals surface area contributed by atoms with Gasteiger partial charge in [0.05, 0.1) is 0 Å². The van der Waals surface area contributed by atoms with Crippen molar-refractivity contribution in [1.29, 1.82) is 0 Å². The number of halogens is 1. The van der Waals surface area contributed by atoms with E-state index >= 15 is 0 Å². The molecule has 1 aromatic rings. The Hall–Kier alpha value is -0.300. The molecule has 0 aliphatic carbocycles. The molecule has 1 aromatic carbocycles. The van der Waals surface area contributed by atoms with Gasteiger partial charge in [0.15, 0.2) is 0 Å². The van der Waals surface area contributed by atoms with Gasteiger partial charge in [0.1, 0.15) is 0 Å². The summed E-state index contributed by atoms with van der Waals surface area (Å²) in [6.45, 7) is 6.77. The standard InChI is InChI=1S/C21H35Br/c1-4-5-6-7-8-9-10-11-12-13-16-19-17-14-15-18-20(19)21(2,3)22/h14-15,17-18H,4-13,16H2,1-3H3. The van der Waals surface area contributed by atoms with E-state index in [9.17, 15) is 0 Å². The third kappa shape index (κ3) is 8.36. The third-order valence-electron chi connectivity index (χ3n) is 4.46. The van der Waals surface area contributed by atoms with Crippen LogP contribution in [0.1, 0.15) is 96.1 Å². The monoisotopic (exact) mass is 366 g/mol. The first-order valence-corrected chi connectivity index (χ1v) is 10.1. The van der Waals surface area contributed by atoms with Crippen molar-refractivity contribution >= 4 is 15.9 Å². The van der Waals surface area contributed by atoms with Crippen LogP contribution in [0.4, 0.5) is 0 Å². The summed E-state index contributed by atoms with van der Waals surface area (Å²) >= 11 is 3.81. The van der Waals surface area contributed by atoms with Gasteiger partial charge in [0.2, 0.25) is 0 Å². The second-order valence-corrected chi connectivity index (χ2v) is 9.04. The summed E-state index contributed by atoms with van der Waals surface area (Å²) in [6, 6.07) is 8.89. The Morgan fingerprint density at radius 3 is 1.82 bits per heavy atom. The van der Waals surface area contributed by atoms with Crippen molar-refractivity contribution in [2.75, 3.05) is 0 Å². The van der Waals surface area contributed by atoms with Crippen molar-refractivity contribution in [3.05, 3.63) is 35.4 Å². The predicted molar refractivity (Wildman–Crippen MR) is 104 cm³/mol. The van der Waals surface area contributed by atoms with Crippen LogP contribution in [0.25, 0.3) is 0 Å². The van der Waals surface area contributed by atoms with Crippen molar-refractivity contribution in [1.82, 2.24) is 0 Å². The second kappa shape index (κ2) is 11.3. The Labute approximate surface area is 147 Å². The highest BCUT2D eigenvalue weighted by molar-refractivity contribution is 9.09. The van der Waals surface area contributed by atoms with Crippen molar-refractivity contribution in [3.8, 4) is 0 Å². The maximum Gasteiger partial charge on any atom is 0.0452 e. The molecule has 22 heavy (non-hydrogen) atoms. The predicted octanol–water partition coefficient (Wildman–Crippen LogP) is 7.78. The van der Waals surface area contributed by atoms with Gasteiger partial charge in [-0.25, -0.2) is 0 Å². The molecule has 0 aromatic heterocycles. The van der Waals surface area contributed by atoms with Crippen molar-refractivity contribution in [2.45, 2.75) is 95.7 Å². The van der Waals surface area contributed by atoms with Crippen LogP contribution in [0.5, 0.6) is 0 Å². The van der Waals surface area contributed by atoms with Gasteiger partial charge in [0, 0.05) is 4.32 Å². The Morgan fingerprint density at radius 1 is 0.773 bits per heavy atom. The topological polar surface area (TPSA) is 0 Å². The Morgan fingerprint density at radius 2 is 1.27 bits per heavy atom. The number of aryl methyl sites for hydroxylation is 1. The number of hydrogen-bond acceptors (Lipinski definition) is 0. The van der Waals surface area contributed by atoms with Gasteiger partial charge in [-0.3, -0.25) is 0 Å². The van der Waals surface area contributed by atoms with E-state index in [4.69, 9.17) is 0 Å². The lowest BCUT2D eigenvalue weighted by Crippen LogP contribution is -2.10. The molecule has 0 N–H and O–H groups in total. The molecule has 1 heteroatoms. The molecule has 0 atom stereocenters. The Balaban J connectivity index is 2.13. The minimum Gasteiger partial charge on any atom is -0.0807 e. The molecule has 0 nitrogen and oxygen atoms in total. The van der Waals surface area contributed by atoms with Gasteiger partial charge < -0.3 is 0 Å². The molecule has 0 saturated carbocycles. The van der Waals surface area contributed by atoms with E-state index in [0.717, 1.165) is 0 Å². The number of benzene rings is 1. The minimum absolute atomic E-state index is 0.0854. The maximum atomic E-state index is 3.81. The molecule has 126 valence electrons. The molecule has 1 rings (SSSR count). The average molecular weight is 367 g/mol. The van der Waals surface area contributed by atoms with E-state index in [2.05, 4.69) is 61.0 Å². The zero-order valence-corrected chi connectivity index (χ0v) is 16.6. The fourth-order valence-electron chi connectivity index (χ4n) is 3.12. The van der Waals surface area contributed by atoms with Crippen LogP contribution >= 0.6 is 15.9 Å². The van der Waals surface area contributed by atoms with Crippen molar-refractivity contribution < 1.29 is 0 Å². The molecule has 0 aliphatic heterocycles. The number of unbranched alkanes of at least 4 members (excludes halogenated alkanes) is 9. The van der Waals surface area contributed by atoms with Gasteiger partial charge in [-0.1, -0.05) is 105 Å². The van der Waals surface area contributed by atoms with Gasteiger partial charge in [-0.15, -0.1) is 0 Å². The summed E-state index contributed by atoms with van der Waals surface area (Å²) in [5.41, 5.74) is 2.97. The first-order valence-electron chi connectivity index (χ1n) is 9.33. The molecule has 0 bridgehead atoms. The quantitative estimate of drug-likeness (QED) is 0.261. The lowest BCUT2D eigenvalue weighted by molar-refractivity contribution is 0.555. The van der Waals surface area contributed by atoms with Crippen LogP contribution < -0.4 is 0 Å². The van der Waals surface area contributed by atoms with Gasteiger partial charge in [-0.05, 0) is 37.8 Å². The Kier molecular flexibility index (Phi) is 10.1. The summed E-state index contributed by atoms with van der Waals surface area (Å²) in [7, 11) is 0. The smallest absolute Gasteiger partial charge is 0.0452 e. The van der Waals surface area contributed by atoms with Gasteiger partial charge >= 0.3 is 0 Å². The normalized spacial score (nSPS) is 11.8. The van der Waals surface area contributed by atoms with E-state index in [-0.39, 0.29) is 4.32 Å². The molecule has 0 unspecified atom stereocenters. The van der Waals surface area contributed by atoms with Gasteiger partial charge in [0.25, 0.3) is 0 Å². The molecule has 0 heterocycles. The maximum absolute atomic E-state index is 3.81. The third-order valence-corrected chi connectivity index (χ3v) is 4.88. The lowest BCUT2D eigenvalue weighted by atomic mass is 9.93. The fourth-order valence-corrected chi connectivity index (χ4v) is 3.51. The highest BCUT2D eigenvalue weighted by atomic mass is 79.9. The van der Waals surface area contributed by atoms with Crippen LogP contribution in [0.15, 0.2) is 24.3 Å². The molecular weight excluding hydrogens is 332 g/mol. The number of hydrogen-bond donors (Lipinski definition) is 0.